The van der Waals surface area contributed by atoms with Gasteiger partial charge in [-0.2, -0.15) is 0 Å². The molecule has 0 amide bonds. The second kappa shape index (κ2) is 7.15. The maximum atomic E-state index is 8.87. The summed E-state index contributed by atoms with van der Waals surface area (Å²) < 4.78 is 32.1. The summed E-state index contributed by atoms with van der Waals surface area (Å²) in [6.45, 7) is 0. The molecule has 0 aliphatic carbocycles. The van der Waals surface area contributed by atoms with E-state index in [9.17, 15) is 0 Å². The molecule has 0 aromatic rings. The number of rotatable bonds is 0. The van der Waals surface area contributed by atoms with E-state index in [1.54, 1.807) is 0 Å². The Balaban J connectivity index is -0.0000000800. The van der Waals surface area contributed by atoms with Crippen LogP contribution >= 0.6 is 0 Å². The van der Waals surface area contributed by atoms with Crippen LogP contribution in [0.5, 0.6) is 0 Å². The summed E-state index contributed by atoms with van der Waals surface area (Å²) in [4.78, 5) is 0. The molecule has 0 unspecified atom stereocenters. The first-order chi connectivity index (χ1) is 2.00. The zero-order valence-corrected chi connectivity index (χ0v) is 5.05. The molecule has 0 aliphatic rings. The predicted molar refractivity (Wildman–Crippen MR) is 22.9 cm³/mol. The fourth-order valence-corrected chi connectivity index (χ4v) is 0. The third kappa shape index (κ3) is 48.5. The van der Waals surface area contributed by atoms with Crippen molar-refractivity contribution >= 4 is 86.6 Å². The molecule has 2 N–H and O–H groups in total. The minimum atomic E-state index is -5.67. The third-order valence-corrected chi connectivity index (χ3v) is 0. The molecule has 0 saturated heterocycles. The van der Waals surface area contributed by atoms with Gasteiger partial charge in [0.25, 0.3) is 0 Å². The summed E-state index contributed by atoms with van der Waals surface area (Å²) >= 11 is -5.67. The van der Waals surface area contributed by atoms with Crippen molar-refractivity contribution in [1.82, 2.24) is 0 Å². The van der Waals surface area contributed by atoms with Crippen LogP contribution in [0.4, 0.5) is 0 Å². The van der Waals surface area contributed by atoms with Crippen LogP contribution in [0.3, 0.4) is 0 Å². The van der Waals surface area contributed by atoms with Gasteiger partial charge in [-0.25, -0.2) is 0 Å². The Bertz CT molecular complexity index is 94.9. The number of hydrogen-bond acceptors (Lipinski definition) is 2. The van der Waals surface area contributed by atoms with Crippen LogP contribution in [0.1, 0.15) is 0 Å². The molecule has 0 fully saturated rings. The maximum absolute atomic E-state index is 8.87. The van der Waals surface area contributed by atoms with Crippen LogP contribution < -0.4 is 0 Å². The van der Waals surface area contributed by atoms with Crippen molar-refractivity contribution in [3.05, 3.63) is 0 Å². The van der Waals surface area contributed by atoms with Crippen molar-refractivity contribution in [2.24, 2.45) is 0 Å². The zero-order valence-electron chi connectivity index (χ0n) is 2.12. The van der Waals surface area contributed by atoms with Crippen molar-refractivity contribution in [3.63, 3.8) is 0 Å². The summed E-state index contributed by atoms with van der Waals surface area (Å²) in [6, 6.07) is 0. The molecule has 0 atom stereocenters. The summed E-state index contributed by atoms with van der Waals surface area (Å²) in [5.41, 5.74) is 0. The normalized spacial score (nSPS) is 8.29. The van der Waals surface area contributed by atoms with Gasteiger partial charge in [0.2, 0.25) is 0 Å². The summed E-state index contributed by atoms with van der Waals surface area (Å²) in [5, 5.41) is 0. The average Bonchev–Trinajstić information content (AvgIpc) is 0.722. The van der Waals surface area contributed by atoms with Gasteiger partial charge in [0.15, 0.2) is 0 Å². The van der Waals surface area contributed by atoms with Crippen LogP contribution in [0, 0.1) is 0 Å². The minimum absolute atomic E-state index is 0. The molecule has 0 bridgehead atoms. The molecular formula is H6BaCaO4W. The molecule has 7 heteroatoms. The zero-order chi connectivity index (χ0) is 4.50. The molecule has 0 saturated carbocycles. The average molecular weight is 431 g/mol. The summed E-state index contributed by atoms with van der Waals surface area (Å²) in [6.07, 6.45) is 0. The second-order valence-corrected chi connectivity index (χ2v) is 3.67. The Kier molecular flexibility index (Phi) is 16.9. The van der Waals surface area contributed by atoms with Crippen LogP contribution in [-0.4, -0.2) is 94.1 Å². The predicted octanol–water partition coefficient (Wildman–Crippen LogP) is -3.19. The van der Waals surface area contributed by atoms with Crippen molar-refractivity contribution in [1.29, 1.82) is 0 Å². The van der Waals surface area contributed by atoms with E-state index in [1.165, 1.54) is 0 Å². The first-order valence-corrected chi connectivity index (χ1v) is 5.72. The first kappa shape index (κ1) is 16.6. The van der Waals surface area contributed by atoms with E-state index in [-0.39, 0.29) is 86.6 Å². The SMILES string of the molecule is [BaH2].[CaH2].[O]=[W](=[O])([OH])[OH]. The van der Waals surface area contributed by atoms with E-state index in [1.807, 2.05) is 0 Å². The van der Waals surface area contributed by atoms with Gasteiger partial charge in [-0.15, -0.1) is 0 Å². The van der Waals surface area contributed by atoms with Crippen LogP contribution in [0.2, 0.25) is 0 Å². The van der Waals surface area contributed by atoms with Gasteiger partial charge >= 0.3 is 118 Å². The van der Waals surface area contributed by atoms with Crippen LogP contribution in [0.15, 0.2) is 0 Å². The molecule has 40 valence electrons. The van der Waals surface area contributed by atoms with Crippen molar-refractivity contribution in [2.45, 2.75) is 0 Å². The van der Waals surface area contributed by atoms with E-state index in [4.69, 9.17) is 14.3 Å². The molecule has 0 heterocycles. The molecule has 0 aliphatic heterocycles. The molecule has 0 rings (SSSR count). The molecule has 0 spiro atoms. The topological polar surface area (TPSA) is 74.6 Å². The van der Waals surface area contributed by atoms with E-state index in [0.29, 0.717) is 0 Å². The van der Waals surface area contributed by atoms with Gasteiger partial charge in [0.05, 0.1) is 0 Å². The monoisotopic (exact) mass is 432 g/mol. The van der Waals surface area contributed by atoms with Crippen LogP contribution in [-0.2, 0) is 23.5 Å². The van der Waals surface area contributed by atoms with Gasteiger partial charge in [-0.05, 0) is 0 Å². The first-order valence-electron chi connectivity index (χ1n) is 0.698. The van der Waals surface area contributed by atoms with Crippen molar-refractivity contribution in [3.8, 4) is 0 Å². The van der Waals surface area contributed by atoms with Gasteiger partial charge in [-0.1, -0.05) is 0 Å². The van der Waals surface area contributed by atoms with Crippen LogP contribution in [0.25, 0.3) is 0 Å². The third-order valence-electron chi connectivity index (χ3n) is 0. The number of hydrogen-bond donors (Lipinski definition) is 2. The second-order valence-electron chi connectivity index (χ2n) is 0.448. The van der Waals surface area contributed by atoms with E-state index < -0.39 is 16.7 Å². The summed E-state index contributed by atoms with van der Waals surface area (Å²) in [7, 11) is 0. The van der Waals surface area contributed by atoms with E-state index >= 15 is 0 Å². The Morgan fingerprint density at radius 1 is 1.14 bits per heavy atom. The van der Waals surface area contributed by atoms with Gasteiger partial charge in [-0.3, -0.25) is 0 Å². The Morgan fingerprint density at radius 3 is 1.14 bits per heavy atom. The standard InChI is InChI=1S/Ba.Ca.2H2O.2O.W.4H/h;;2*1H2;;;;;;;/q;;;;;;+2;;;;/p-2. The Hall–Kier alpha value is 3.04. The van der Waals surface area contributed by atoms with Gasteiger partial charge < -0.3 is 0 Å². The quantitative estimate of drug-likeness (QED) is 0.397. The summed E-state index contributed by atoms with van der Waals surface area (Å²) in [5.74, 6) is 0. The molecule has 7 heavy (non-hydrogen) atoms. The van der Waals surface area contributed by atoms with Gasteiger partial charge in [0, 0.05) is 0 Å². The van der Waals surface area contributed by atoms with Crippen molar-refractivity contribution < 1.29 is 31.1 Å². The van der Waals surface area contributed by atoms with Crippen molar-refractivity contribution in [2.75, 3.05) is 0 Å². The molecule has 0 aromatic heterocycles. The molecule has 4 nitrogen and oxygen atoms in total. The van der Waals surface area contributed by atoms with E-state index in [0.717, 1.165) is 0 Å². The fraction of sp³-hybridized carbons (Fsp3) is 0. The Morgan fingerprint density at radius 2 is 1.14 bits per heavy atom. The Labute approximate surface area is 114 Å². The van der Waals surface area contributed by atoms with E-state index in [2.05, 4.69) is 0 Å². The molecule has 0 radical (unpaired) electrons. The fourth-order valence-electron chi connectivity index (χ4n) is 0. The molecule has 0 aromatic carbocycles. The van der Waals surface area contributed by atoms with Gasteiger partial charge in [0.1, 0.15) is 0 Å². The molecular weight excluding hydrogens is 425 g/mol.